The van der Waals surface area contributed by atoms with Gasteiger partial charge in [0.15, 0.2) is 0 Å². The van der Waals surface area contributed by atoms with Crippen molar-refractivity contribution < 1.29 is 9.59 Å². The van der Waals surface area contributed by atoms with E-state index in [1.165, 1.54) is 0 Å². The van der Waals surface area contributed by atoms with Crippen LogP contribution in [0.15, 0.2) is 42.5 Å². The topological polar surface area (TPSA) is 85.1 Å². The molecule has 0 atom stereocenters. The number of nitrogens with one attached hydrogen (secondary N) is 1. The summed E-state index contributed by atoms with van der Waals surface area (Å²) in [5.41, 5.74) is 7.42. The predicted molar refractivity (Wildman–Crippen MR) is 99.4 cm³/mol. The average molecular weight is 374 g/mol. The van der Waals surface area contributed by atoms with Crippen molar-refractivity contribution in [3.63, 3.8) is 0 Å². The van der Waals surface area contributed by atoms with Gasteiger partial charge in [-0.05, 0) is 31.2 Å². The second kappa shape index (κ2) is 6.70. The molecule has 2 aromatic carbocycles. The molecule has 2 amide bonds. The molecule has 0 saturated carbocycles. The van der Waals surface area contributed by atoms with Gasteiger partial charge in [0.05, 0.1) is 32.4 Å². The number of hydrogen-bond acceptors (Lipinski definition) is 3. The highest BCUT2D eigenvalue weighted by atomic mass is 35.5. The lowest BCUT2D eigenvalue weighted by Gasteiger charge is -2.12. The summed E-state index contributed by atoms with van der Waals surface area (Å²) in [4.78, 5) is 28.6. The van der Waals surface area contributed by atoms with Gasteiger partial charge in [-0.15, -0.1) is 0 Å². The third-order valence-corrected chi connectivity index (χ3v) is 4.30. The van der Waals surface area contributed by atoms with Gasteiger partial charge < -0.3 is 11.1 Å². The van der Waals surface area contributed by atoms with Gasteiger partial charge in [0.2, 0.25) is 0 Å². The molecular formula is C18H13Cl2N3O2. The number of nitrogens with zero attached hydrogens (tertiary/aromatic N) is 1. The van der Waals surface area contributed by atoms with Crippen LogP contribution in [0.5, 0.6) is 0 Å². The maximum absolute atomic E-state index is 12.6. The van der Waals surface area contributed by atoms with Crippen molar-refractivity contribution in [2.45, 2.75) is 6.92 Å². The fraction of sp³-hybridized carbons (Fsp3) is 0.0556. The fourth-order valence-corrected chi connectivity index (χ4v) is 3.15. The van der Waals surface area contributed by atoms with E-state index in [4.69, 9.17) is 28.9 Å². The second-order valence-electron chi connectivity index (χ2n) is 5.43. The monoisotopic (exact) mass is 373 g/mol. The number of para-hydroxylation sites is 1. The Kier molecular flexibility index (Phi) is 4.61. The first-order valence-electron chi connectivity index (χ1n) is 7.34. The van der Waals surface area contributed by atoms with Crippen molar-refractivity contribution in [1.82, 2.24) is 4.98 Å². The maximum atomic E-state index is 12.6. The molecule has 1 heterocycles. The van der Waals surface area contributed by atoms with Crippen molar-refractivity contribution in [2.75, 3.05) is 5.32 Å². The van der Waals surface area contributed by atoms with Crippen molar-refractivity contribution >= 4 is 51.6 Å². The molecule has 1 aromatic heterocycles. The number of anilines is 1. The molecule has 3 rings (SSSR count). The van der Waals surface area contributed by atoms with Crippen molar-refractivity contribution in [3.05, 3.63) is 69.3 Å². The number of nitrogens with two attached hydrogens (primary N) is 1. The number of aryl methyl sites for hydroxylation is 1. The van der Waals surface area contributed by atoms with Gasteiger partial charge in [-0.25, -0.2) is 0 Å². The minimum atomic E-state index is -0.588. The first-order valence-corrected chi connectivity index (χ1v) is 8.09. The molecule has 0 radical (unpaired) electrons. The van der Waals surface area contributed by atoms with E-state index < -0.39 is 11.8 Å². The molecule has 0 unspecified atom stereocenters. The number of carbonyl (C=O) groups is 2. The van der Waals surface area contributed by atoms with Crippen molar-refractivity contribution in [2.24, 2.45) is 5.73 Å². The van der Waals surface area contributed by atoms with Gasteiger partial charge in [-0.2, -0.15) is 0 Å². The van der Waals surface area contributed by atoms with Gasteiger partial charge in [0.1, 0.15) is 0 Å². The Morgan fingerprint density at radius 1 is 1.08 bits per heavy atom. The molecule has 0 aliphatic rings. The van der Waals surface area contributed by atoms with E-state index in [0.29, 0.717) is 22.3 Å². The van der Waals surface area contributed by atoms with E-state index in [1.54, 1.807) is 49.4 Å². The van der Waals surface area contributed by atoms with Gasteiger partial charge in [-0.3, -0.25) is 14.6 Å². The summed E-state index contributed by atoms with van der Waals surface area (Å²) in [5, 5.41) is 3.88. The van der Waals surface area contributed by atoms with Gasteiger partial charge >= 0.3 is 0 Å². The summed E-state index contributed by atoms with van der Waals surface area (Å²) in [7, 11) is 0. The van der Waals surface area contributed by atoms with E-state index in [0.717, 1.165) is 0 Å². The summed E-state index contributed by atoms with van der Waals surface area (Å²) in [6.07, 6.45) is 0. The molecule has 0 saturated heterocycles. The largest absolute Gasteiger partial charge is 0.366 e. The van der Waals surface area contributed by atoms with E-state index in [9.17, 15) is 9.59 Å². The lowest BCUT2D eigenvalue weighted by molar-refractivity contribution is 0.0999. The summed E-state index contributed by atoms with van der Waals surface area (Å²) >= 11 is 12.2. The molecule has 0 fully saturated rings. The molecule has 3 N–H and O–H groups in total. The summed E-state index contributed by atoms with van der Waals surface area (Å²) in [6.45, 7) is 1.76. The molecule has 0 aliphatic carbocycles. The Morgan fingerprint density at radius 3 is 2.36 bits per heavy atom. The molecule has 5 nitrogen and oxygen atoms in total. The normalized spacial score (nSPS) is 10.7. The number of hydrogen-bond donors (Lipinski definition) is 2. The molecule has 0 bridgehead atoms. The zero-order chi connectivity index (χ0) is 18.1. The number of amides is 2. The number of fused-ring (bicyclic) bond motifs is 1. The van der Waals surface area contributed by atoms with Crippen molar-refractivity contribution in [3.8, 4) is 0 Å². The number of aromatic nitrogens is 1. The van der Waals surface area contributed by atoms with Crippen LogP contribution in [-0.2, 0) is 0 Å². The van der Waals surface area contributed by atoms with Crippen LogP contribution in [0.4, 0.5) is 5.69 Å². The highest BCUT2D eigenvalue weighted by molar-refractivity contribution is 6.40. The van der Waals surface area contributed by atoms with Crippen LogP contribution >= 0.6 is 23.2 Å². The van der Waals surface area contributed by atoms with Gasteiger partial charge in [-0.1, -0.05) is 41.4 Å². The SMILES string of the molecule is Cc1cc(NC(=O)c2c(Cl)cccc2Cl)c2cccc(C(N)=O)c2n1. The number of primary amides is 1. The third-order valence-electron chi connectivity index (χ3n) is 3.67. The van der Waals surface area contributed by atoms with Crippen LogP contribution < -0.4 is 11.1 Å². The van der Waals surface area contributed by atoms with Crippen LogP contribution in [0.25, 0.3) is 10.9 Å². The Hall–Kier alpha value is -2.63. The Labute approximate surface area is 153 Å². The Bertz CT molecular complexity index is 998. The lowest BCUT2D eigenvalue weighted by atomic mass is 10.1. The summed E-state index contributed by atoms with van der Waals surface area (Å²) in [5.74, 6) is -1.04. The highest BCUT2D eigenvalue weighted by Gasteiger charge is 2.17. The zero-order valence-electron chi connectivity index (χ0n) is 13.1. The van der Waals surface area contributed by atoms with E-state index in [-0.39, 0.29) is 21.2 Å². The standard InChI is InChI=1S/C18H13Cl2N3O2/c1-9-8-14(10-4-2-5-11(17(21)24)16(10)22-9)23-18(25)15-12(19)6-3-7-13(15)20/h2-8H,1H3,(H2,21,24)(H,22,23,25). The van der Waals surface area contributed by atoms with Crippen LogP contribution in [0.2, 0.25) is 10.0 Å². The molecule has 0 aliphatic heterocycles. The lowest BCUT2D eigenvalue weighted by Crippen LogP contribution is -2.15. The van der Waals surface area contributed by atoms with E-state index in [2.05, 4.69) is 10.3 Å². The van der Waals surface area contributed by atoms with Crippen LogP contribution in [0.3, 0.4) is 0 Å². The van der Waals surface area contributed by atoms with Gasteiger partial charge in [0, 0.05) is 11.1 Å². The number of benzene rings is 2. The highest BCUT2D eigenvalue weighted by Crippen LogP contribution is 2.29. The summed E-state index contributed by atoms with van der Waals surface area (Å²) < 4.78 is 0. The van der Waals surface area contributed by atoms with Crippen molar-refractivity contribution in [1.29, 1.82) is 0 Å². The zero-order valence-corrected chi connectivity index (χ0v) is 14.7. The molecule has 126 valence electrons. The molecule has 0 spiro atoms. The van der Waals surface area contributed by atoms with E-state index >= 15 is 0 Å². The maximum Gasteiger partial charge on any atom is 0.258 e. The fourth-order valence-electron chi connectivity index (χ4n) is 2.58. The first-order chi connectivity index (χ1) is 11.9. The molecule has 7 heteroatoms. The smallest absolute Gasteiger partial charge is 0.258 e. The minimum absolute atomic E-state index is 0.180. The number of carbonyl (C=O) groups excluding carboxylic acids is 2. The minimum Gasteiger partial charge on any atom is -0.366 e. The predicted octanol–water partition coefficient (Wildman–Crippen LogP) is 4.20. The number of halogens is 2. The quantitative estimate of drug-likeness (QED) is 0.721. The Balaban J connectivity index is 2.12. The van der Waals surface area contributed by atoms with E-state index in [1.807, 2.05) is 0 Å². The van der Waals surface area contributed by atoms with Crippen LogP contribution in [-0.4, -0.2) is 16.8 Å². The van der Waals surface area contributed by atoms with Crippen LogP contribution in [0, 0.1) is 6.92 Å². The molecular weight excluding hydrogens is 361 g/mol. The van der Waals surface area contributed by atoms with Crippen LogP contribution in [0.1, 0.15) is 26.4 Å². The summed E-state index contributed by atoms with van der Waals surface area (Å²) in [6, 6.07) is 11.6. The molecule has 3 aromatic rings. The number of pyridine rings is 1. The van der Waals surface area contributed by atoms with Gasteiger partial charge in [0.25, 0.3) is 11.8 Å². The number of rotatable bonds is 3. The Morgan fingerprint density at radius 2 is 1.72 bits per heavy atom. The second-order valence-corrected chi connectivity index (χ2v) is 6.24. The third kappa shape index (κ3) is 3.29. The first kappa shape index (κ1) is 17.2. The molecule has 25 heavy (non-hydrogen) atoms. The average Bonchev–Trinajstić information content (AvgIpc) is 2.53.